The zero-order chi connectivity index (χ0) is 17.1. The predicted molar refractivity (Wildman–Crippen MR) is 96.4 cm³/mol. The van der Waals surface area contributed by atoms with Gasteiger partial charge in [0.2, 0.25) is 0 Å². The molecule has 3 N–H and O–H groups in total. The number of carbonyl (C=O) groups is 1. The first kappa shape index (κ1) is 16.2. The van der Waals surface area contributed by atoms with Gasteiger partial charge in [0.05, 0.1) is 16.8 Å². The predicted octanol–water partition coefficient (Wildman–Crippen LogP) is 1.94. The van der Waals surface area contributed by atoms with Crippen LogP contribution in [0.2, 0.25) is 0 Å². The van der Waals surface area contributed by atoms with Gasteiger partial charge in [-0.05, 0) is 18.9 Å². The number of nitrogen functional groups attached to an aromatic ring is 1. The molecule has 2 aromatic heterocycles. The van der Waals surface area contributed by atoms with E-state index in [1.54, 1.807) is 11.6 Å². The number of nitrogens with two attached hydrogens (primary N) is 1. The van der Waals surface area contributed by atoms with Gasteiger partial charge in [-0.3, -0.25) is 9.59 Å². The minimum atomic E-state index is -0.235. The fourth-order valence-corrected chi connectivity index (χ4v) is 3.20. The first-order valence-corrected chi connectivity index (χ1v) is 8.51. The molecule has 124 valence electrons. The van der Waals surface area contributed by atoms with E-state index >= 15 is 0 Å². The summed E-state index contributed by atoms with van der Waals surface area (Å²) in [5.74, 6) is -0.235. The molecule has 0 aliphatic rings. The van der Waals surface area contributed by atoms with Gasteiger partial charge < -0.3 is 15.6 Å². The summed E-state index contributed by atoms with van der Waals surface area (Å²) in [5, 5.41) is 6.12. The number of hydrogen-bond acceptors (Lipinski definition) is 5. The molecule has 0 saturated heterocycles. The second-order valence-corrected chi connectivity index (χ2v) is 6.40. The van der Waals surface area contributed by atoms with E-state index in [-0.39, 0.29) is 11.5 Å². The Balaban J connectivity index is 1.70. The summed E-state index contributed by atoms with van der Waals surface area (Å²) in [4.78, 5) is 28.7. The van der Waals surface area contributed by atoms with Gasteiger partial charge in [-0.25, -0.2) is 4.98 Å². The monoisotopic (exact) mass is 342 g/mol. The molecule has 3 aromatic rings. The molecule has 0 atom stereocenters. The molecule has 7 heteroatoms. The number of amides is 1. The number of benzene rings is 1. The van der Waals surface area contributed by atoms with Crippen molar-refractivity contribution < 1.29 is 4.79 Å². The van der Waals surface area contributed by atoms with Crippen LogP contribution < -0.4 is 16.6 Å². The number of fused-ring (bicyclic) bond motifs is 1. The first-order valence-electron chi connectivity index (χ1n) is 7.63. The average Bonchev–Trinajstić information content (AvgIpc) is 3.00. The van der Waals surface area contributed by atoms with Gasteiger partial charge in [0.1, 0.15) is 0 Å². The summed E-state index contributed by atoms with van der Waals surface area (Å²) in [6.45, 7) is 0.514. The van der Waals surface area contributed by atoms with Gasteiger partial charge in [0, 0.05) is 30.4 Å². The number of para-hydroxylation sites is 1. The molecular formula is C17H18N4O2S. The third-order valence-electron chi connectivity index (χ3n) is 3.86. The number of carbonyl (C=O) groups excluding carboxylic acids is 1. The van der Waals surface area contributed by atoms with Crippen molar-refractivity contribution in [1.82, 2.24) is 14.9 Å². The van der Waals surface area contributed by atoms with Crippen LogP contribution in [0.4, 0.5) is 5.13 Å². The van der Waals surface area contributed by atoms with Crippen LogP contribution in [-0.2, 0) is 13.5 Å². The van der Waals surface area contributed by atoms with Crippen LogP contribution in [0.5, 0.6) is 0 Å². The second kappa shape index (κ2) is 6.84. The lowest BCUT2D eigenvalue weighted by Crippen LogP contribution is -2.28. The number of rotatable bonds is 5. The van der Waals surface area contributed by atoms with Crippen molar-refractivity contribution in [2.75, 3.05) is 12.3 Å². The highest BCUT2D eigenvalue weighted by Crippen LogP contribution is 2.16. The van der Waals surface area contributed by atoms with Crippen molar-refractivity contribution in [2.24, 2.45) is 7.05 Å². The van der Waals surface area contributed by atoms with Crippen LogP contribution in [-0.4, -0.2) is 22.0 Å². The number of pyridine rings is 1. The fraction of sp³-hybridized carbons (Fsp3) is 0.235. The van der Waals surface area contributed by atoms with Crippen LogP contribution in [0, 0.1) is 0 Å². The maximum Gasteiger partial charge on any atom is 0.252 e. The van der Waals surface area contributed by atoms with Crippen LogP contribution in [0.25, 0.3) is 10.9 Å². The molecule has 1 aromatic carbocycles. The number of anilines is 1. The van der Waals surface area contributed by atoms with Crippen molar-refractivity contribution in [1.29, 1.82) is 0 Å². The SMILES string of the molecule is Cn1c(=O)cc(C(=O)NCCCc2csc(N)n2)c2ccccc21. The zero-order valence-electron chi connectivity index (χ0n) is 13.3. The first-order chi connectivity index (χ1) is 11.6. The van der Waals surface area contributed by atoms with E-state index < -0.39 is 0 Å². The molecule has 0 saturated carbocycles. The molecule has 6 nitrogen and oxygen atoms in total. The highest BCUT2D eigenvalue weighted by atomic mass is 32.1. The van der Waals surface area contributed by atoms with Crippen molar-refractivity contribution >= 4 is 33.3 Å². The second-order valence-electron chi connectivity index (χ2n) is 5.51. The number of hydrogen-bond donors (Lipinski definition) is 2. The van der Waals surface area contributed by atoms with Gasteiger partial charge in [0.15, 0.2) is 5.13 Å². The lowest BCUT2D eigenvalue weighted by Gasteiger charge is -2.10. The van der Waals surface area contributed by atoms with Crippen molar-refractivity contribution in [3.8, 4) is 0 Å². The maximum absolute atomic E-state index is 12.4. The van der Waals surface area contributed by atoms with Crippen LogP contribution in [0.15, 0.2) is 40.5 Å². The number of aromatic nitrogens is 2. The third-order valence-corrected chi connectivity index (χ3v) is 4.59. The molecule has 0 spiro atoms. The Labute approximate surface area is 142 Å². The van der Waals surface area contributed by atoms with E-state index in [0.717, 1.165) is 29.4 Å². The normalized spacial score (nSPS) is 10.9. The quantitative estimate of drug-likeness (QED) is 0.693. The van der Waals surface area contributed by atoms with Gasteiger partial charge in [0.25, 0.3) is 11.5 Å². The maximum atomic E-state index is 12.4. The summed E-state index contributed by atoms with van der Waals surface area (Å²) in [6, 6.07) is 8.78. The Kier molecular flexibility index (Phi) is 4.61. The lowest BCUT2D eigenvalue weighted by molar-refractivity contribution is 0.0954. The summed E-state index contributed by atoms with van der Waals surface area (Å²) < 4.78 is 1.54. The molecule has 0 bridgehead atoms. The van der Waals surface area contributed by atoms with E-state index in [0.29, 0.717) is 17.2 Å². The molecule has 0 aliphatic heterocycles. The molecule has 24 heavy (non-hydrogen) atoms. The summed E-state index contributed by atoms with van der Waals surface area (Å²) >= 11 is 1.41. The Morgan fingerprint density at radius 1 is 1.38 bits per heavy atom. The summed E-state index contributed by atoms with van der Waals surface area (Å²) in [7, 11) is 1.70. The smallest absolute Gasteiger partial charge is 0.252 e. The average molecular weight is 342 g/mol. The Bertz CT molecular complexity index is 945. The minimum Gasteiger partial charge on any atom is -0.375 e. The Morgan fingerprint density at radius 3 is 2.92 bits per heavy atom. The van der Waals surface area contributed by atoms with Crippen molar-refractivity contribution in [2.45, 2.75) is 12.8 Å². The van der Waals surface area contributed by atoms with E-state index in [1.165, 1.54) is 17.4 Å². The largest absolute Gasteiger partial charge is 0.375 e. The number of aryl methyl sites for hydroxylation is 2. The lowest BCUT2D eigenvalue weighted by atomic mass is 10.1. The van der Waals surface area contributed by atoms with E-state index in [4.69, 9.17) is 5.73 Å². The molecular weight excluding hydrogens is 324 g/mol. The summed E-state index contributed by atoms with van der Waals surface area (Å²) in [6.07, 6.45) is 1.52. The molecule has 0 radical (unpaired) electrons. The standard InChI is InChI=1S/C17H18N4O2S/c1-21-14-7-3-2-6-12(14)13(9-15(21)22)16(23)19-8-4-5-11-10-24-17(18)20-11/h2-3,6-7,9-10H,4-5,8H2,1H3,(H2,18,20)(H,19,23). The van der Waals surface area contributed by atoms with Gasteiger partial charge in [-0.15, -0.1) is 11.3 Å². The van der Waals surface area contributed by atoms with E-state index in [9.17, 15) is 9.59 Å². The molecule has 3 rings (SSSR count). The Morgan fingerprint density at radius 2 is 2.17 bits per heavy atom. The van der Waals surface area contributed by atoms with E-state index in [1.807, 2.05) is 29.6 Å². The van der Waals surface area contributed by atoms with Crippen molar-refractivity contribution in [3.63, 3.8) is 0 Å². The molecule has 0 fully saturated rings. The highest BCUT2D eigenvalue weighted by molar-refractivity contribution is 7.13. The van der Waals surface area contributed by atoms with Gasteiger partial charge in [-0.2, -0.15) is 0 Å². The molecule has 1 amide bonds. The van der Waals surface area contributed by atoms with Crippen molar-refractivity contribution in [3.05, 3.63) is 57.3 Å². The number of nitrogens with one attached hydrogen (secondary N) is 1. The number of nitrogens with zero attached hydrogens (tertiary/aromatic N) is 2. The fourth-order valence-electron chi connectivity index (χ4n) is 2.60. The zero-order valence-corrected chi connectivity index (χ0v) is 14.1. The van der Waals surface area contributed by atoms with Gasteiger partial charge >= 0.3 is 0 Å². The number of thiazole rings is 1. The molecule has 0 unspecified atom stereocenters. The Hall–Kier alpha value is -2.67. The topological polar surface area (TPSA) is 90.0 Å². The third kappa shape index (κ3) is 3.30. The van der Waals surface area contributed by atoms with Crippen LogP contribution in [0.1, 0.15) is 22.5 Å². The molecule has 2 heterocycles. The van der Waals surface area contributed by atoms with Gasteiger partial charge in [-0.1, -0.05) is 18.2 Å². The van der Waals surface area contributed by atoms with E-state index in [2.05, 4.69) is 10.3 Å². The summed E-state index contributed by atoms with van der Waals surface area (Å²) in [5.41, 5.74) is 7.48. The minimum absolute atomic E-state index is 0.197. The highest BCUT2D eigenvalue weighted by Gasteiger charge is 2.12. The van der Waals surface area contributed by atoms with Crippen LogP contribution >= 0.6 is 11.3 Å². The van der Waals surface area contributed by atoms with Crippen LogP contribution in [0.3, 0.4) is 0 Å². The molecule has 0 aliphatic carbocycles.